The standard InChI is InChI=1S/C14H15F3N2O3/c1-8-4-9-2-3-11(7-20)19-12(6-10(5-8)13(9)19)18-22-21-14(15,16)17/h4-5,11,20H,2-3,6-7H2,1H3/b18-12-. The van der Waals surface area contributed by atoms with Crippen LogP contribution in [0.5, 0.6) is 0 Å². The van der Waals surface area contributed by atoms with Crippen molar-refractivity contribution in [2.24, 2.45) is 5.16 Å². The van der Waals surface area contributed by atoms with Gasteiger partial charge >= 0.3 is 6.36 Å². The van der Waals surface area contributed by atoms with Crippen LogP contribution < -0.4 is 4.90 Å². The molecule has 1 unspecified atom stereocenters. The Morgan fingerprint density at radius 3 is 2.77 bits per heavy atom. The first-order chi connectivity index (χ1) is 10.4. The first kappa shape index (κ1) is 15.1. The number of aryl methyl sites for hydroxylation is 2. The summed E-state index contributed by atoms with van der Waals surface area (Å²) in [5, 5.41) is 13.0. The average Bonchev–Trinajstić information content (AvgIpc) is 2.78. The van der Waals surface area contributed by atoms with Crippen LogP contribution in [-0.2, 0) is 22.7 Å². The summed E-state index contributed by atoms with van der Waals surface area (Å²) < 4.78 is 35.9. The first-order valence-corrected chi connectivity index (χ1v) is 6.90. The predicted octanol–water partition coefficient (Wildman–Crippen LogP) is 2.45. The highest BCUT2D eigenvalue weighted by Crippen LogP contribution is 2.40. The lowest BCUT2D eigenvalue weighted by atomic mass is 9.94. The van der Waals surface area contributed by atoms with Crippen LogP contribution in [0.1, 0.15) is 23.1 Å². The lowest BCUT2D eigenvalue weighted by Crippen LogP contribution is -2.43. The number of aliphatic hydroxyl groups is 1. The largest absolute Gasteiger partial charge is 0.560 e. The maximum Gasteiger partial charge on any atom is 0.560 e. The van der Waals surface area contributed by atoms with E-state index in [1.165, 1.54) is 0 Å². The Kier molecular flexibility index (Phi) is 3.73. The van der Waals surface area contributed by atoms with Crippen LogP contribution in [0, 0.1) is 6.92 Å². The van der Waals surface area contributed by atoms with Crippen molar-refractivity contribution in [1.82, 2.24) is 0 Å². The molecule has 2 heterocycles. The van der Waals surface area contributed by atoms with Crippen molar-refractivity contribution in [2.45, 2.75) is 38.6 Å². The lowest BCUT2D eigenvalue weighted by Gasteiger charge is -2.34. The van der Waals surface area contributed by atoms with E-state index < -0.39 is 6.36 Å². The van der Waals surface area contributed by atoms with E-state index in [0.29, 0.717) is 18.7 Å². The van der Waals surface area contributed by atoms with Crippen LogP contribution in [0.2, 0.25) is 0 Å². The second kappa shape index (κ2) is 5.44. The summed E-state index contributed by atoms with van der Waals surface area (Å²) in [4.78, 5) is 8.98. The number of rotatable bonds is 3. The summed E-state index contributed by atoms with van der Waals surface area (Å²) in [7, 11) is 0. The second-order valence-corrected chi connectivity index (χ2v) is 5.46. The molecule has 0 saturated heterocycles. The number of aliphatic hydroxyl groups excluding tert-OH is 1. The molecule has 3 rings (SSSR count). The molecule has 0 amide bonds. The molecule has 1 aromatic carbocycles. The molecule has 0 bridgehead atoms. The van der Waals surface area contributed by atoms with Gasteiger partial charge in [-0.3, -0.25) is 0 Å². The molecule has 2 aliphatic heterocycles. The van der Waals surface area contributed by atoms with E-state index in [1.807, 2.05) is 13.0 Å². The Morgan fingerprint density at radius 2 is 2.09 bits per heavy atom. The summed E-state index contributed by atoms with van der Waals surface area (Å²) in [6.45, 7) is 1.86. The van der Waals surface area contributed by atoms with Gasteiger partial charge in [0.2, 0.25) is 0 Å². The number of benzene rings is 1. The minimum absolute atomic E-state index is 0.105. The number of halogens is 3. The molecule has 0 aromatic heterocycles. The Hall–Kier alpha value is -1.80. The molecule has 0 fully saturated rings. The Morgan fingerprint density at radius 1 is 1.36 bits per heavy atom. The van der Waals surface area contributed by atoms with Gasteiger partial charge in [-0.2, -0.15) is 0 Å². The highest BCUT2D eigenvalue weighted by Gasteiger charge is 2.38. The van der Waals surface area contributed by atoms with Gasteiger partial charge < -0.3 is 10.0 Å². The highest BCUT2D eigenvalue weighted by atomic mass is 19.4. The third-order valence-electron chi connectivity index (χ3n) is 3.88. The topological polar surface area (TPSA) is 54.3 Å². The number of hydrogen-bond donors (Lipinski definition) is 1. The number of oxime groups is 1. The monoisotopic (exact) mass is 316 g/mol. The van der Waals surface area contributed by atoms with Crippen LogP contribution in [-0.4, -0.2) is 30.0 Å². The molecule has 0 spiro atoms. The summed E-state index contributed by atoms with van der Waals surface area (Å²) in [5.41, 5.74) is 4.10. The van der Waals surface area contributed by atoms with Crippen molar-refractivity contribution in [2.75, 3.05) is 11.5 Å². The molecule has 0 aliphatic carbocycles. The van der Waals surface area contributed by atoms with E-state index in [1.54, 1.807) is 4.90 Å². The van der Waals surface area contributed by atoms with E-state index >= 15 is 0 Å². The Labute approximate surface area is 124 Å². The molecule has 22 heavy (non-hydrogen) atoms. The summed E-state index contributed by atoms with van der Waals surface area (Å²) in [6, 6.07) is 3.80. The number of amidine groups is 1. The normalized spacial score (nSPS) is 22.1. The van der Waals surface area contributed by atoms with E-state index in [-0.39, 0.29) is 12.6 Å². The van der Waals surface area contributed by atoms with Crippen LogP contribution in [0.15, 0.2) is 17.3 Å². The fourth-order valence-corrected chi connectivity index (χ4v) is 3.15. The molecule has 0 radical (unpaired) electrons. The smallest absolute Gasteiger partial charge is 0.394 e. The van der Waals surface area contributed by atoms with Crippen molar-refractivity contribution in [3.63, 3.8) is 0 Å². The van der Waals surface area contributed by atoms with Gasteiger partial charge in [0.25, 0.3) is 0 Å². The molecular formula is C14H15F3N2O3. The van der Waals surface area contributed by atoms with Gasteiger partial charge in [0.05, 0.1) is 12.6 Å². The zero-order valence-corrected chi connectivity index (χ0v) is 11.9. The van der Waals surface area contributed by atoms with Crippen LogP contribution in [0.3, 0.4) is 0 Å². The predicted molar refractivity (Wildman–Crippen MR) is 72.2 cm³/mol. The van der Waals surface area contributed by atoms with Crippen molar-refractivity contribution in [3.05, 3.63) is 28.8 Å². The fourth-order valence-electron chi connectivity index (χ4n) is 3.15. The van der Waals surface area contributed by atoms with Crippen LogP contribution in [0.25, 0.3) is 0 Å². The second-order valence-electron chi connectivity index (χ2n) is 5.46. The molecule has 120 valence electrons. The van der Waals surface area contributed by atoms with Crippen molar-refractivity contribution >= 4 is 11.5 Å². The van der Waals surface area contributed by atoms with Gasteiger partial charge in [-0.25, -0.2) is 4.99 Å². The summed E-state index contributed by atoms with van der Waals surface area (Å²) >= 11 is 0. The SMILES string of the molecule is Cc1cc2c3c(c1)C/C(=N/OOC(F)(F)F)N3C(CO)CC2. The number of alkyl halides is 3. The third-order valence-corrected chi connectivity index (χ3v) is 3.88. The van der Waals surface area contributed by atoms with Gasteiger partial charge in [0, 0.05) is 12.1 Å². The number of anilines is 1. The van der Waals surface area contributed by atoms with E-state index in [9.17, 15) is 18.3 Å². The molecule has 2 aliphatic rings. The number of nitrogens with zero attached hydrogens (tertiary/aromatic N) is 2. The molecule has 1 atom stereocenters. The maximum atomic E-state index is 12.0. The van der Waals surface area contributed by atoms with Gasteiger partial charge in [-0.1, -0.05) is 22.6 Å². The molecule has 1 aromatic rings. The Bertz CT molecular complexity index is 616. The molecule has 0 saturated carbocycles. The summed E-state index contributed by atoms with van der Waals surface area (Å²) in [5.74, 6) is 0.310. The van der Waals surface area contributed by atoms with E-state index in [0.717, 1.165) is 28.8 Å². The first-order valence-electron chi connectivity index (χ1n) is 6.90. The van der Waals surface area contributed by atoms with Crippen LogP contribution >= 0.6 is 0 Å². The molecule has 1 N–H and O–H groups in total. The van der Waals surface area contributed by atoms with Gasteiger partial charge in [0.1, 0.15) is 0 Å². The van der Waals surface area contributed by atoms with Crippen molar-refractivity contribution < 1.29 is 28.2 Å². The van der Waals surface area contributed by atoms with Crippen molar-refractivity contribution in [3.8, 4) is 0 Å². The third kappa shape index (κ3) is 2.76. The van der Waals surface area contributed by atoms with Gasteiger partial charge in [-0.05, 0) is 36.0 Å². The summed E-state index contributed by atoms with van der Waals surface area (Å²) in [6.07, 6.45) is -3.04. The minimum Gasteiger partial charge on any atom is -0.394 e. The van der Waals surface area contributed by atoms with Gasteiger partial charge in [-0.15, -0.1) is 13.2 Å². The highest BCUT2D eigenvalue weighted by molar-refractivity contribution is 6.06. The molecular weight excluding hydrogens is 301 g/mol. The van der Waals surface area contributed by atoms with Gasteiger partial charge in [0.15, 0.2) is 5.84 Å². The maximum absolute atomic E-state index is 12.0. The lowest BCUT2D eigenvalue weighted by molar-refractivity contribution is -0.485. The number of hydrogen-bond acceptors (Lipinski definition) is 4. The van der Waals surface area contributed by atoms with Crippen LogP contribution in [0.4, 0.5) is 18.9 Å². The fraction of sp³-hybridized carbons (Fsp3) is 0.500. The van der Waals surface area contributed by atoms with E-state index in [2.05, 4.69) is 21.1 Å². The average molecular weight is 316 g/mol. The zero-order chi connectivity index (χ0) is 15.9. The molecule has 5 nitrogen and oxygen atoms in total. The van der Waals surface area contributed by atoms with Crippen molar-refractivity contribution in [1.29, 1.82) is 0 Å². The molecule has 8 heteroatoms. The van der Waals surface area contributed by atoms with E-state index in [4.69, 9.17) is 0 Å². The quantitative estimate of drug-likeness (QED) is 0.687. The Balaban J connectivity index is 1.91. The zero-order valence-electron chi connectivity index (χ0n) is 11.9. The minimum atomic E-state index is -4.91.